The molecule has 0 saturated heterocycles. The van der Waals surface area contributed by atoms with Crippen LogP contribution in [-0.2, 0) is 0 Å². The van der Waals surface area contributed by atoms with Crippen LogP contribution >= 0.6 is 0 Å². The van der Waals surface area contributed by atoms with Crippen LogP contribution in [0, 0.1) is 0 Å². The van der Waals surface area contributed by atoms with Crippen molar-refractivity contribution in [3.63, 3.8) is 0 Å². The molecule has 0 aromatic heterocycles. The van der Waals surface area contributed by atoms with Gasteiger partial charge in [0, 0.05) is 0 Å². The van der Waals surface area contributed by atoms with Crippen molar-refractivity contribution in [3.8, 4) is 22.3 Å². The van der Waals surface area contributed by atoms with Crippen molar-refractivity contribution in [2.24, 2.45) is 0 Å². The van der Waals surface area contributed by atoms with E-state index in [0.717, 1.165) is 22.3 Å². The summed E-state index contributed by atoms with van der Waals surface area (Å²) in [5.41, 5.74) is 8.05. The molecule has 0 saturated carbocycles. The molecule has 0 spiro atoms. The highest BCUT2D eigenvalue weighted by Crippen LogP contribution is 2.43. The average Bonchev–Trinajstić information content (AvgIpc) is 2.87. The molecule has 0 radical (unpaired) electrons. The standard InChI is InChI=1S/C32H24/c1-4-22-15-17-24(18-16-22)31-27(5-2)28(6-3)32(30-14-10-9-13-29(30)31)26-20-19-23-11-7-8-12-25(23)21-26/h4-21H,1-3H2. The second-order valence-corrected chi connectivity index (χ2v) is 7.92. The number of hydrogen-bond donors (Lipinski definition) is 0. The van der Waals surface area contributed by atoms with E-state index in [1.165, 1.54) is 38.2 Å². The molecule has 5 aromatic carbocycles. The molecule has 0 aliphatic carbocycles. The lowest BCUT2D eigenvalue weighted by atomic mass is 9.83. The van der Waals surface area contributed by atoms with Gasteiger partial charge in [-0.05, 0) is 66.6 Å². The maximum atomic E-state index is 4.20. The molecular weight excluding hydrogens is 384 g/mol. The van der Waals surface area contributed by atoms with Gasteiger partial charge in [0.1, 0.15) is 0 Å². The van der Waals surface area contributed by atoms with Gasteiger partial charge in [-0.25, -0.2) is 0 Å². The van der Waals surface area contributed by atoms with E-state index in [4.69, 9.17) is 0 Å². The second-order valence-electron chi connectivity index (χ2n) is 7.92. The van der Waals surface area contributed by atoms with Gasteiger partial charge in [0.25, 0.3) is 0 Å². The second kappa shape index (κ2) is 8.17. The smallest absolute Gasteiger partial charge is 0.00264 e. The fraction of sp³-hybridized carbons (Fsp3) is 0. The van der Waals surface area contributed by atoms with E-state index in [1.54, 1.807) is 0 Å². The fourth-order valence-corrected chi connectivity index (χ4v) is 4.66. The van der Waals surface area contributed by atoms with Crippen LogP contribution in [0.5, 0.6) is 0 Å². The van der Waals surface area contributed by atoms with Gasteiger partial charge < -0.3 is 0 Å². The van der Waals surface area contributed by atoms with Crippen molar-refractivity contribution >= 4 is 39.8 Å². The van der Waals surface area contributed by atoms with E-state index in [-0.39, 0.29) is 0 Å². The van der Waals surface area contributed by atoms with E-state index in [9.17, 15) is 0 Å². The summed E-state index contributed by atoms with van der Waals surface area (Å²) in [6, 6.07) is 32.3. The molecule has 0 heterocycles. The van der Waals surface area contributed by atoms with Gasteiger partial charge in [-0.2, -0.15) is 0 Å². The topological polar surface area (TPSA) is 0 Å². The molecular formula is C32H24. The van der Waals surface area contributed by atoms with E-state index >= 15 is 0 Å². The molecule has 0 heteroatoms. The summed E-state index contributed by atoms with van der Waals surface area (Å²) in [7, 11) is 0. The molecule has 0 nitrogen and oxygen atoms in total. The molecule has 0 unspecified atom stereocenters. The molecule has 0 bridgehead atoms. The van der Waals surface area contributed by atoms with Gasteiger partial charge in [0.05, 0.1) is 0 Å². The van der Waals surface area contributed by atoms with Gasteiger partial charge in [-0.3, -0.25) is 0 Å². The predicted octanol–water partition coefficient (Wildman–Crippen LogP) is 9.26. The highest BCUT2D eigenvalue weighted by atomic mass is 14.2. The van der Waals surface area contributed by atoms with Crippen LogP contribution in [0.4, 0.5) is 0 Å². The molecule has 0 atom stereocenters. The van der Waals surface area contributed by atoms with Gasteiger partial charge >= 0.3 is 0 Å². The van der Waals surface area contributed by atoms with Crippen LogP contribution < -0.4 is 0 Å². The molecule has 0 aliphatic rings. The van der Waals surface area contributed by atoms with E-state index in [0.29, 0.717) is 0 Å². The van der Waals surface area contributed by atoms with Crippen molar-refractivity contribution in [1.29, 1.82) is 0 Å². The van der Waals surface area contributed by atoms with Crippen LogP contribution in [-0.4, -0.2) is 0 Å². The van der Waals surface area contributed by atoms with Crippen LogP contribution in [0.15, 0.2) is 111 Å². The molecule has 5 rings (SSSR count). The van der Waals surface area contributed by atoms with Crippen molar-refractivity contribution < 1.29 is 0 Å². The molecule has 0 N–H and O–H groups in total. The number of benzene rings is 5. The number of fused-ring (bicyclic) bond motifs is 2. The third-order valence-electron chi connectivity index (χ3n) is 6.18. The highest BCUT2D eigenvalue weighted by Gasteiger charge is 2.18. The number of rotatable bonds is 5. The van der Waals surface area contributed by atoms with Gasteiger partial charge in [-0.1, -0.05) is 123 Å². The Morgan fingerprint density at radius 1 is 0.469 bits per heavy atom. The summed E-state index contributed by atoms with van der Waals surface area (Å²) < 4.78 is 0. The van der Waals surface area contributed by atoms with Crippen molar-refractivity contribution in [2.75, 3.05) is 0 Å². The first-order chi connectivity index (χ1) is 15.7. The first kappa shape index (κ1) is 19.8. The van der Waals surface area contributed by atoms with E-state index in [1.807, 2.05) is 18.2 Å². The van der Waals surface area contributed by atoms with Crippen molar-refractivity contribution in [1.82, 2.24) is 0 Å². The van der Waals surface area contributed by atoms with Gasteiger partial charge in [-0.15, -0.1) is 0 Å². The Bertz CT molecular complexity index is 1500. The van der Waals surface area contributed by atoms with E-state index < -0.39 is 0 Å². The maximum absolute atomic E-state index is 4.20. The SMILES string of the molecule is C=Cc1ccc(-c2c(C=C)c(C=C)c(-c3ccc4ccccc4c3)c3ccccc23)cc1. The molecule has 0 fully saturated rings. The predicted molar refractivity (Wildman–Crippen MR) is 143 cm³/mol. The Hall–Kier alpha value is -4.16. The summed E-state index contributed by atoms with van der Waals surface area (Å²) in [5.74, 6) is 0. The summed E-state index contributed by atoms with van der Waals surface area (Å²) in [6.45, 7) is 12.3. The number of hydrogen-bond acceptors (Lipinski definition) is 0. The zero-order valence-corrected chi connectivity index (χ0v) is 18.0. The third-order valence-corrected chi connectivity index (χ3v) is 6.18. The van der Waals surface area contributed by atoms with Crippen LogP contribution in [0.25, 0.3) is 62.0 Å². The lowest BCUT2D eigenvalue weighted by molar-refractivity contribution is 1.58. The third kappa shape index (κ3) is 3.18. The minimum Gasteiger partial charge on any atom is -0.0985 e. The summed E-state index contributed by atoms with van der Waals surface area (Å²) in [5, 5.41) is 4.89. The molecule has 0 aliphatic heterocycles. The highest BCUT2D eigenvalue weighted by molar-refractivity contribution is 6.12. The Balaban J connectivity index is 1.89. The zero-order valence-electron chi connectivity index (χ0n) is 18.0. The first-order valence-electron chi connectivity index (χ1n) is 10.8. The Kier molecular flexibility index (Phi) is 5.05. The normalized spacial score (nSPS) is 10.9. The van der Waals surface area contributed by atoms with E-state index in [2.05, 4.69) is 111 Å². The van der Waals surface area contributed by atoms with Crippen LogP contribution in [0.2, 0.25) is 0 Å². The minimum absolute atomic E-state index is 1.10. The lowest BCUT2D eigenvalue weighted by Crippen LogP contribution is -1.96. The summed E-state index contributed by atoms with van der Waals surface area (Å²) in [6.07, 6.45) is 5.80. The average molecular weight is 409 g/mol. The van der Waals surface area contributed by atoms with Crippen LogP contribution in [0.1, 0.15) is 16.7 Å². The van der Waals surface area contributed by atoms with Gasteiger partial charge in [0.15, 0.2) is 0 Å². The van der Waals surface area contributed by atoms with Crippen LogP contribution in [0.3, 0.4) is 0 Å². The fourth-order valence-electron chi connectivity index (χ4n) is 4.66. The Morgan fingerprint density at radius 3 is 1.59 bits per heavy atom. The largest absolute Gasteiger partial charge is 0.0985 e. The minimum atomic E-state index is 1.10. The molecule has 0 amide bonds. The van der Waals surface area contributed by atoms with Crippen molar-refractivity contribution in [2.45, 2.75) is 0 Å². The lowest BCUT2D eigenvalue weighted by Gasteiger charge is -2.20. The Morgan fingerprint density at radius 2 is 1.00 bits per heavy atom. The summed E-state index contributed by atoms with van der Waals surface area (Å²) in [4.78, 5) is 0. The quantitative estimate of drug-likeness (QED) is 0.272. The molecule has 152 valence electrons. The Labute approximate surface area is 189 Å². The monoisotopic (exact) mass is 408 g/mol. The van der Waals surface area contributed by atoms with Gasteiger partial charge in [0.2, 0.25) is 0 Å². The molecule has 32 heavy (non-hydrogen) atoms. The van der Waals surface area contributed by atoms with Crippen molar-refractivity contribution in [3.05, 3.63) is 127 Å². The first-order valence-corrected chi connectivity index (χ1v) is 10.8. The maximum Gasteiger partial charge on any atom is -0.00264 e. The summed E-state index contributed by atoms with van der Waals surface area (Å²) >= 11 is 0. The molecule has 5 aromatic rings. The zero-order chi connectivity index (χ0) is 22.1.